The third kappa shape index (κ3) is 51.6. The van der Waals surface area contributed by atoms with Crippen molar-refractivity contribution < 1.29 is 42.9 Å². The molecule has 0 amide bonds. The van der Waals surface area contributed by atoms with Gasteiger partial charge in [-0.2, -0.15) is 0 Å². The van der Waals surface area contributed by atoms with E-state index in [1.54, 1.807) is 0 Å². The Hall–Kier alpha value is -4.05. The monoisotopic (exact) mass is 962 g/mol. The summed E-state index contributed by atoms with van der Waals surface area (Å²) >= 11 is 0. The number of hydrogen-bond donors (Lipinski definition) is 0. The van der Waals surface area contributed by atoms with Gasteiger partial charge in [-0.3, -0.25) is 9.59 Å². The molecule has 0 bridgehead atoms. The van der Waals surface area contributed by atoms with E-state index in [1.807, 2.05) is 21.1 Å². The van der Waals surface area contributed by atoms with E-state index in [9.17, 15) is 19.5 Å². The van der Waals surface area contributed by atoms with Gasteiger partial charge in [-0.15, -0.1) is 0 Å². The Morgan fingerprint density at radius 1 is 0.435 bits per heavy atom. The summed E-state index contributed by atoms with van der Waals surface area (Å²) in [6.07, 6.45) is 65.7. The highest BCUT2D eigenvalue weighted by atomic mass is 16.7. The summed E-state index contributed by atoms with van der Waals surface area (Å²) < 4.78 is 22.6. The van der Waals surface area contributed by atoms with Crippen LogP contribution in [0.25, 0.3) is 0 Å². The van der Waals surface area contributed by atoms with Crippen LogP contribution in [-0.2, 0) is 33.3 Å². The van der Waals surface area contributed by atoms with Crippen molar-refractivity contribution in [1.29, 1.82) is 0 Å². The molecule has 0 aromatic heterocycles. The first-order valence-electron chi connectivity index (χ1n) is 27.0. The molecule has 0 aromatic carbocycles. The number of carboxylic acid groups (broad SMARTS) is 1. The van der Waals surface area contributed by atoms with E-state index in [4.69, 9.17) is 18.9 Å². The van der Waals surface area contributed by atoms with Gasteiger partial charge in [0.15, 0.2) is 12.4 Å². The molecule has 0 aliphatic heterocycles. The van der Waals surface area contributed by atoms with Gasteiger partial charge in [-0.25, -0.2) is 0 Å². The smallest absolute Gasteiger partial charge is 0.306 e. The number of hydrogen-bond acceptors (Lipinski definition) is 8. The molecule has 0 aromatic rings. The number of unbranched alkanes of at least 4 members (excludes halogenated alkanes) is 15. The maximum Gasteiger partial charge on any atom is 0.306 e. The standard InChI is InChI=1S/C60H99NO8/c1-6-8-10-12-14-16-18-20-22-23-24-25-26-27-28-29-30-31-32-33-34-35-37-39-41-43-45-47-49-51-58(63)69-56(55-68-60(59(64)65)66-53-52-61(3,4)5)54-67-57(62)50-48-46-44-42-40-38-36-21-19-17-15-13-11-9-7-2/h8-11,14-17,20-22,24-25,27-28,36,40,42,56,60H,6-7,12-13,18-19,23,26,29-35,37-39,41,43-55H2,1-5H3/b10-8-,11-9-,16-14-,17-15-,22-20-,25-24-,28-27-,36-21-,42-40-. The number of allylic oxidation sites excluding steroid dienone is 18. The fourth-order valence-electron chi connectivity index (χ4n) is 6.91. The maximum absolute atomic E-state index is 12.8. The Morgan fingerprint density at radius 3 is 1.19 bits per heavy atom. The summed E-state index contributed by atoms with van der Waals surface area (Å²) in [5.41, 5.74) is 0. The van der Waals surface area contributed by atoms with Gasteiger partial charge >= 0.3 is 11.9 Å². The maximum atomic E-state index is 12.8. The molecular formula is C60H99NO8. The lowest BCUT2D eigenvalue weighted by Crippen LogP contribution is -2.44. The molecular weight excluding hydrogens is 863 g/mol. The second kappa shape index (κ2) is 50.3. The van der Waals surface area contributed by atoms with Crippen LogP contribution in [0, 0.1) is 0 Å². The fourth-order valence-corrected chi connectivity index (χ4v) is 6.91. The van der Waals surface area contributed by atoms with Crippen molar-refractivity contribution in [3.8, 4) is 0 Å². The number of likely N-dealkylation sites (N-methyl/N-ethyl adjacent to an activating group) is 1. The van der Waals surface area contributed by atoms with Gasteiger partial charge in [0.25, 0.3) is 0 Å². The van der Waals surface area contributed by atoms with Gasteiger partial charge in [-0.1, -0.05) is 194 Å². The summed E-state index contributed by atoms with van der Waals surface area (Å²) in [5.74, 6) is -2.35. The zero-order valence-electron chi connectivity index (χ0n) is 44.4. The van der Waals surface area contributed by atoms with Crippen LogP contribution in [0.4, 0.5) is 0 Å². The molecule has 2 unspecified atom stereocenters. The first-order valence-corrected chi connectivity index (χ1v) is 27.0. The summed E-state index contributed by atoms with van der Waals surface area (Å²) in [7, 11) is 5.89. The Balaban J connectivity index is 4.28. The number of quaternary nitrogens is 1. The summed E-state index contributed by atoms with van der Waals surface area (Å²) in [4.78, 5) is 37.2. The topological polar surface area (TPSA) is 111 Å². The fraction of sp³-hybridized carbons (Fsp3) is 0.650. The Kier molecular flexibility index (Phi) is 47.4. The average Bonchev–Trinajstić information content (AvgIpc) is 3.31. The van der Waals surface area contributed by atoms with Crippen LogP contribution < -0.4 is 5.11 Å². The van der Waals surface area contributed by atoms with Crippen molar-refractivity contribution in [1.82, 2.24) is 0 Å². The second-order valence-corrected chi connectivity index (χ2v) is 18.8. The van der Waals surface area contributed by atoms with Crippen molar-refractivity contribution in [3.63, 3.8) is 0 Å². The SMILES string of the molecule is CC/C=C\C/C=C\C/C=C\C/C=C\C/C=C\CCCCCCCCCCCCCCCC(=O)OC(COC(=O)CCCC/C=C\C/C=C\C/C=C\C/C=C\CC)COC(OCC[N+](C)(C)C)C(=O)[O-]. The molecule has 0 aliphatic rings. The van der Waals surface area contributed by atoms with Gasteiger partial charge in [0.1, 0.15) is 13.2 Å². The van der Waals surface area contributed by atoms with Gasteiger partial charge in [0, 0.05) is 12.8 Å². The van der Waals surface area contributed by atoms with Crippen LogP contribution in [0.5, 0.6) is 0 Å². The first kappa shape index (κ1) is 65.0. The molecule has 0 rings (SSSR count). The number of nitrogens with zero attached hydrogens (tertiary/aromatic N) is 1. The molecule has 9 heteroatoms. The lowest BCUT2D eigenvalue weighted by atomic mass is 10.0. The van der Waals surface area contributed by atoms with E-state index in [-0.39, 0.29) is 32.7 Å². The molecule has 0 fully saturated rings. The van der Waals surface area contributed by atoms with Crippen LogP contribution in [0.3, 0.4) is 0 Å². The first-order chi connectivity index (χ1) is 33.6. The summed E-state index contributed by atoms with van der Waals surface area (Å²) in [6.45, 7) is 4.45. The number of carbonyl (C=O) groups is 3. The molecule has 0 N–H and O–H groups in total. The number of aliphatic carboxylic acids is 1. The minimum atomic E-state index is -1.64. The minimum Gasteiger partial charge on any atom is -0.545 e. The van der Waals surface area contributed by atoms with Crippen LogP contribution in [-0.4, -0.2) is 82.3 Å². The molecule has 0 aliphatic carbocycles. The molecule has 392 valence electrons. The van der Waals surface area contributed by atoms with Crippen LogP contribution >= 0.6 is 0 Å². The van der Waals surface area contributed by atoms with Crippen molar-refractivity contribution in [2.24, 2.45) is 0 Å². The Bertz CT molecular complexity index is 1490. The number of ether oxygens (including phenoxy) is 4. The third-order valence-electron chi connectivity index (χ3n) is 11.0. The molecule has 9 nitrogen and oxygen atoms in total. The van der Waals surface area contributed by atoms with Crippen LogP contribution in [0.1, 0.15) is 194 Å². The molecule has 0 saturated heterocycles. The minimum absolute atomic E-state index is 0.135. The van der Waals surface area contributed by atoms with E-state index >= 15 is 0 Å². The zero-order valence-corrected chi connectivity index (χ0v) is 44.4. The highest BCUT2D eigenvalue weighted by Crippen LogP contribution is 2.15. The van der Waals surface area contributed by atoms with Crippen molar-refractivity contribution in [2.75, 3.05) is 47.5 Å². The molecule has 0 radical (unpaired) electrons. The van der Waals surface area contributed by atoms with Crippen molar-refractivity contribution >= 4 is 17.9 Å². The second-order valence-electron chi connectivity index (χ2n) is 18.8. The molecule has 0 saturated carbocycles. The lowest BCUT2D eigenvalue weighted by molar-refractivity contribution is -0.870. The summed E-state index contributed by atoms with van der Waals surface area (Å²) in [6, 6.07) is 0. The Morgan fingerprint density at radius 2 is 0.783 bits per heavy atom. The Labute approximate surface area is 422 Å². The predicted molar refractivity (Wildman–Crippen MR) is 287 cm³/mol. The van der Waals surface area contributed by atoms with E-state index in [0.717, 1.165) is 89.9 Å². The zero-order chi connectivity index (χ0) is 50.6. The molecule has 0 spiro atoms. The third-order valence-corrected chi connectivity index (χ3v) is 11.0. The summed E-state index contributed by atoms with van der Waals surface area (Å²) in [5, 5.41) is 11.7. The number of carboxylic acids is 1. The lowest BCUT2D eigenvalue weighted by Gasteiger charge is -2.26. The van der Waals surface area contributed by atoms with Gasteiger partial charge in [0.05, 0.1) is 40.3 Å². The quantitative estimate of drug-likeness (QED) is 0.0195. The highest BCUT2D eigenvalue weighted by molar-refractivity contribution is 5.70. The van der Waals surface area contributed by atoms with Crippen molar-refractivity contribution in [2.45, 2.75) is 206 Å². The predicted octanol–water partition coefficient (Wildman–Crippen LogP) is 14.2. The highest BCUT2D eigenvalue weighted by Gasteiger charge is 2.21. The number of esters is 2. The van der Waals surface area contributed by atoms with Gasteiger partial charge in [-0.05, 0) is 96.3 Å². The van der Waals surface area contributed by atoms with E-state index in [0.29, 0.717) is 23.9 Å². The van der Waals surface area contributed by atoms with Crippen molar-refractivity contribution in [3.05, 3.63) is 109 Å². The van der Waals surface area contributed by atoms with Crippen LogP contribution in [0.15, 0.2) is 109 Å². The normalized spacial score (nSPS) is 13.7. The van der Waals surface area contributed by atoms with E-state index in [2.05, 4.69) is 123 Å². The molecule has 2 atom stereocenters. The molecule has 69 heavy (non-hydrogen) atoms. The van der Waals surface area contributed by atoms with E-state index in [1.165, 1.54) is 64.2 Å². The van der Waals surface area contributed by atoms with Gasteiger partial charge < -0.3 is 33.3 Å². The largest absolute Gasteiger partial charge is 0.545 e. The number of rotatable bonds is 48. The van der Waals surface area contributed by atoms with E-state index < -0.39 is 30.3 Å². The average molecular weight is 962 g/mol. The number of carbonyl (C=O) groups excluding carboxylic acids is 3. The van der Waals surface area contributed by atoms with Crippen LogP contribution in [0.2, 0.25) is 0 Å². The van der Waals surface area contributed by atoms with Gasteiger partial charge in [0.2, 0.25) is 0 Å². The molecule has 0 heterocycles.